The lowest BCUT2D eigenvalue weighted by Crippen LogP contribution is -2.30. The van der Waals surface area contributed by atoms with E-state index in [2.05, 4.69) is 16.0 Å². The lowest BCUT2D eigenvalue weighted by Gasteiger charge is -2.15. The van der Waals surface area contributed by atoms with Gasteiger partial charge in [-0.2, -0.15) is 0 Å². The Balaban J connectivity index is 1.27. The van der Waals surface area contributed by atoms with Gasteiger partial charge in [0.25, 0.3) is 11.8 Å². The zero-order valence-corrected chi connectivity index (χ0v) is 18.9. The average Bonchev–Trinajstić information content (AvgIpc) is 3.42. The molecule has 0 saturated carbocycles. The molecule has 34 heavy (non-hydrogen) atoms. The quantitative estimate of drug-likeness (QED) is 0.480. The van der Waals surface area contributed by atoms with Crippen molar-refractivity contribution >= 4 is 29.1 Å². The van der Waals surface area contributed by atoms with Crippen molar-refractivity contribution in [1.82, 2.24) is 10.2 Å². The number of benzene rings is 3. The summed E-state index contributed by atoms with van der Waals surface area (Å²) in [6.07, 6.45) is 2.12. The third kappa shape index (κ3) is 6.01. The molecule has 0 bridgehead atoms. The number of likely N-dealkylation sites (tertiary alicyclic amines) is 1. The monoisotopic (exact) mass is 456 g/mol. The highest BCUT2D eigenvalue weighted by atomic mass is 16.2. The summed E-state index contributed by atoms with van der Waals surface area (Å²) in [5.74, 6) is -0.388. The minimum Gasteiger partial charge on any atom is -0.376 e. The van der Waals surface area contributed by atoms with Crippen LogP contribution in [-0.4, -0.2) is 42.3 Å². The number of nitrogens with zero attached hydrogens (tertiary/aromatic N) is 1. The Kier molecular flexibility index (Phi) is 7.55. The van der Waals surface area contributed by atoms with Gasteiger partial charge >= 0.3 is 0 Å². The first-order valence-corrected chi connectivity index (χ1v) is 11.4. The molecule has 174 valence electrons. The van der Waals surface area contributed by atoms with E-state index in [1.54, 1.807) is 18.2 Å². The largest absolute Gasteiger partial charge is 0.376 e. The summed E-state index contributed by atoms with van der Waals surface area (Å²) >= 11 is 0. The molecule has 3 aromatic carbocycles. The van der Waals surface area contributed by atoms with Gasteiger partial charge in [0.05, 0.1) is 12.1 Å². The van der Waals surface area contributed by atoms with Gasteiger partial charge in [-0.25, -0.2) is 0 Å². The maximum atomic E-state index is 12.7. The zero-order valence-electron chi connectivity index (χ0n) is 18.9. The van der Waals surface area contributed by atoms with E-state index in [4.69, 9.17) is 0 Å². The van der Waals surface area contributed by atoms with Crippen LogP contribution in [0.1, 0.15) is 39.1 Å². The number of nitrogens with one attached hydrogen (secondary N) is 3. The van der Waals surface area contributed by atoms with Gasteiger partial charge in [0.2, 0.25) is 5.91 Å². The lowest BCUT2D eigenvalue weighted by molar-refractivity contribution is -0.119. The molecule has 0 atom stereocenters. The number of rotatable bonds is 8. The second-order valence-corrected chi connectivity index (χ2v) is 8.19. The second kappa shape index (κ2) is 11.1. The van der Waals surface area contributed by atoms with E-state index in [0.29, 0.717) is 29.0 Å². The number of para-hydroxylation sites is 2. The van der Waals surface area contributed by atoms with Crippen LogP contribution in [0.25, 0.3) is 0 Å². The van der Waals surface area contributed by atoms with Gasteiger partial charge in [-0.15, -0.1) is 0 Å². The Hall–Kier alpha value is -4.13. The van der Waals surface area contributed by atoms with Crippen molar-refractivity contribution in [3.63, 3.8) is 0 Å². The van der Waals surface area contributed by atoms with Crippen molar-refractivity contribution in [2.24, 2.45) is 0 Å². The van der Waals surface area contributed by atoms with Crippen LogP contribution in [-0.2, 0) is 11.3 Å². The fourth-order valence-corrected chi connectivity index (χ4v) is 3.86. The highest BCUT2D eigenvalue weighted by Crippen LogP contribution is 2.17. The SMILES string of the molecule is O=C(CNc1ccccc1C(=O)Nc1ccccc1)NCc1ccc(C(=O)N2CCCC2)cc1. The van der Waals surface area contributed by atoms with E-state index in [0.717, 1.165) is 31.5 Å². The number of hydrogen-bond acceptors (Lipinski definition) is 4. The van der Waals surface area contributed by atoms with Crippen molar-refractivity contribution in [3.8, 4) is 0 Å². The van der Waals surface area contributed by atoms with Crippen LogP contribution in [0.5, 0.6) is 0 Å². The van der Waals surface area contributed by atoms with Gasteiger partial charge in [0.15, 0.2) is 0 Å². The molecular formula is C27H28N4O3. The van der Waals surface area contributed by atoms with Crippen molar-refractivity contribution in [3.05, 3.63) is 95.6 Å². The van der Waals surface area contributed by atoms with E-state index < -0.39 is 0 Å². The molecule has 7 heteroatoms. The van der Waals surface area contributed by atoms with Crippen molar-refractivity contribution < 1.29 is 14.4 Å². The van der Waals surface area contributed by atoms with E-state index in [1.807, 2.05) is 65.6 Å². The first-order valence-electron chi connectivity index (χ1n) is 11.4. The summed E-state index contributed by atoms with van der Waals surface area (Å²) in [5.41, 5.74) is 3.32. The molecule has 4 rings (SSSR count). The van der Waals surface area contributed by atoms with Gasteiger partial charge in [0, 0.05) is 36.6 Å². The fourth-order valence-electron chi connectivity index (χ4n) is 3.86. The normalized spacial score (nSPS) is 12.8. The topological polar surface area (TPSA) is 90.5 Å². The van der Waals surface area contributed by atoms with Crippen molar-refractivity contribution in [1.29, 1.82) is 0 Å². The minimum atomic E-state index is -0.252. The summed E-state index contributed by atoms with van der Waals surface area (Å²) in [5, 5.41) is 8.77. The fraction of sp³-hybridized carbons (Fsp3) is 0.222. The van der Waals surface area contributed by atoms with Gasteiger partial charge < -0.3 is 20.9 Å². The van der Waals surface area contributed by atoms with Crippen LogP contribution in [0.4, 0.5) is 11.4 Å². The third-order valence-corrected chi connectivity index (χ3v) is 5.73. The molecule has 0 radical (unpaired) electrons. The summed E-state index contributed by atoms with van der Waals surface area (Å²) in [4.78, 5) is 39.4. The highest BCUT2D eigenvalue weighted by Gasteiger charge is 2.19. The number of anilines is 2. The molecule has 1 heterocycles. The van der Waals surface area contributed by atoms with Crippen LogP contribution in [0, 0.1) is 0 Å². The number of amides is 3. The van der Waals surface area contributed by atoms with E-state index >= 15 is 0 Å². The first kappa shape index (κ1) is 23.0. The third-order valence-electron chi connectivity index (χ3n) is 5.73. The van der Waals surface area contributed by atoms with Crippen LogP contribution in [0.2, 0.25) is 0 Å². The maximum absolute atomic E-state index is 12.7. The molecule has 1 aliphatic heterocycles. The molecule has 7 nitrogen and oxygen atoms in total. The second-order valence-electron chi connectivity index (χ2n) is 8.19. The Labute approximate surface area is 199 Å². The molecule has 3 N–H and O–H groups in total. The number of hydrogen-bond donors (Lipinski definition) is 3. The minimum absolute atomic E-state index is 0.0289. The standard InChI is InChI=1S/C27H28N4O3/c32-25(29-18-20-12-14-21(15-13-20)27(34)31-16-6-7-17-31)19-28-24-11-5-4-10-23(24)26(33)30-22-8-2-1-3-9-22/h1-5,8-15,28H,6-7,16-19H2,(H,29,32)(H,30,33). The molecule has 1 fully saturated rings. The van der Waals surface area contributed by atoms with Gasteiger partial charge in [-0.3, -0.25) is 14.4 Å². The van der Waals surface area contributed by atoms with E-state index in [-0.39, 0.29) is 24.3 Å². The van der Waals surface area contributed by atoms with Crippen molar-refractivity contribution in [2.45, 2.75) is 19.4 Å². The summed E-state index contributed by atoms with van der Waals surface area (Å²) < 4.78 is 0. The van der Waals surface area contributed by atoms with Crippen LogP contribution < -0.4 is 16.0 Å². The summed E-state index contributed by atoms with van der Waals surface area (Å²) in [6.45, 7) is 2.03. The van der Waals surface area contributed by atoms with E-state index in [1.165, 1.54) is 0 Å². The van der Waals surface area contributed by atoms with Crippen LogP contribution in [0.15, 0.2) is 78.9 Å². The Morgan fingerprint density at radius 1 is 0.794 bits per heavy atom. The number of carbonyl (C=O) groups is 3. The van der Waals surface area contributed by atoms with Crippen LogP contribution in [0.3, 0.4) is 0 Å². The van der Waals surface area contributed by atoms with Crippen molar-refractivity contribution in [2.75, 3.05) is 30.3 Å². The highest BCUT2D eigenvalue weighted by molar-refractivity contribution is 6.08. The average molecular weight is 457 g/mol. The van der Waals surface area contributed by atoms with Crippen LogP contribution >= 0.6 is 0 Å². The Morgan fingerprint density at radius 2 is 1.47 bits per heavy atom. The summed E-state index contributed by atoms with van der Waals surface area (Å²) in [6, 6.07) is 23.6. The Bertz CT molecular complexity index is 1140. The molecule has 1 saturated heterocycles. The van der Waals surface area contributed by atoms with Gasteiger partial charge in [0.1, 0.15) is 0 Å². The predicted octanol–water partition coefficient (Wildman–Crippen LogP) is 3.90. The molecule has 3 amide bonds. The predicted molar refractivity (Wildman–Crippen MR) is 133 cm³/mol. The molecule has 3 aromatic rings. The summed E-state index contributed by atoms with van der Waals surface area (Å²) in [7, 11) is 0. The lowest BCUT2D eigenvalue weighted by atomic mass is 10.1. The maximum Gasteiger partial charge on any atom is 0.257 e. The zero-order chi connectivity index (χ0) is 23.8. The number of carbonyl (C=O) groups excluding carboxylic acids is 3. The molecule has 0 unspecified atom stereocenters. The Morgan fingerprint density at radius 3 is 2.21 bits per heavy atom. The molecule has 1 aliphatic rings. The smallest absolute Gasteiger partial charge is 0.257 e. The first-order chi connectivity index (χ1) is 16.6. The molecular weight excluding hydrogens is 428 g/mol. The molecule has 0 spiro atoms. The molecule has 0 aromatic heterocycles. The van der Waals surface area contributed by atoms with Gasteiger partial charge in [-0.05, 0) is 54.8 Å². The van der Waals surface area contributed by atoms with E-state index in [9.17, 15) is 14.4 Å². The molecule has 0 aliphatic carbocycles. The van der Waals surface area contributed by atoms with Gasteiger partial charge in [-0.1, -0.05) is 42.5 Å².